The molecule has 1 saturated carbocycles. The molecule has 0 aromatic heterocycles. The second-order valence-corrected chi connectivity index (χ2v) is 9.40. The number of carbonyl (C=O) groups is 2. The number of amides is 1. The van der Waals surface area contributed by atoms with Gasteiger partial charge in [-0.1, -0.05) is 32.9 Å². The first kappa shape index (κ1) is 22.1. The van der Waals surface area contributed by atoms with Crippen LogP contribution in [0.4, 0.5) is 0 Å². The monoisotopic (exact) mass is 411 g/mol. The molecule has 2 aromatic carbocycles. The van der Waals surface area contributed by atoms with E-state index < -0.39 is 12.0 Å². The largest absolute Gasteiger partial charge is 0.490 e. The Balaban J connectivity index is 1.64. The second kappa shape index (κ2) is 9.07. The third kappa shape index (κ3) is 5.32. The molecule has 1 unspecified atom stereocenters. The third-order valence-electron chi connectivity index (χ3n) is 6.18. The van der Waals surface area contributed by atoms with E-state index in [-0.39, 0.29) is 12.0 Å². The number of hydrogen-bond acceptors (Lipinski definition) is 4. The van der Waals surface area contributed by atoms with Crippen LogP contribution in [0.15, 0.2) is 36.4 Å². The van der Waals surface area contributed by atoms with E-state index in [4.69, 9.17) is 4.74 Å². The highest BCUT2D eigenvalue weighted by Crippen LogP contribution is 2.39. The summed E-state index contributed by atoms with van der Waals surface area (Å²) in [5, 5.41) is 4.63. The minimum Gasteiger partial charge on any atom is -0.490 e. The molecule has 0 aliphatic heterocycles. The zero-order valence-electron chi connectivity index (χ0n) is 18.7. The third-order valence-corrected chi connectivity index (χ3v) is 6.18. The fourth-order valence-electron chi connectivity index (χ4n) is 4.19. The Bertz CT molecular complexity index is 907. The van der Waals surface area contributed by atoms with E-state index in [1.54, 1.807) is 13.0 Å². The van der Waals surface area contributed by atoms with Gasteiger partial charge in [-0.3, -0.25) is 4.79 Å². The van der Waals surface area contributed by atoms with Crippen LogP contribution in [0.3, 0.4) is 0 Å². The molecular formula is C25H33NO4. The zero-order valence-corrected chi connectivity index (χ0v) is 18.7. The number of ether oxygens (including phenoxy) is 2. The summed E-state index contributed by atoms with van der Waals surface area (Å²) in [5.74, 6) is 0.867. The number of carbonyl (C=O) groups excluding carboxylic acids is 2. The summed E-state index contributed by atoms with van der Waals surface area (Å²) in [7, 11) is 1.30. The molecule has 1 aliphatic rings. The first-order valence-electron chi connectivity index (χ1n) is 10.8. The fourth-order valence-corrected chi connectivity index (χ4v) is 4.19. The van der Waals surface area contributed by atoms with Crippen LogP contribution in [0.5, 0.6) is 5.75 Å². The van der Waals surface area contributed by atoms with Gasteiger partial charge in [-0.05, 0) is 79.0 Å². The van der Waals surface area contributed by atoms with E-state index in [0.29, 0.717) is 11.0 Å². The van der Waals surface area contributed by atoms with Crippen molar-refractivity contribution in [1.29, 1.82) is 0 Å². The van der Waals surface area contributed by atoms with Gasteiger partial charge in [0.25, 0.3) is 5.91 Å². The van der Waals surface area contributed by atoms with Gasteiger partial charge in [0.2, 0.25) is 0 Å². The summed E-state index contributed by atoms with van der Waals surface area (Å²) < 4.78 is 10.9. The summed E-state index contributed by atoms with van der Waals surface area (Å²) in [5.41, 5.74) is 0.874. The van der Waals surface area contributed by atoms with Gasteiger partial charge in [0, 0.05) is 5.56 Å². The van der Waals surface area contributed by atoms with Crippen LogP contribution in [0.1, 0.15) is 63.7 Å². The first-order valence-corrected chi connectivity index (χ1v) is 10.8. The Morgan fingerprint density at radius 2 is 1.63 bits per heavy atom. The smallest absolute Gasteiger partial charge is 0.328 e. The Morgan fingerprint density at radius 3 is 2.27 bits per heavy atom. The summed E-state index contributed by atoms with van der Waals surface area (Å²) in [6.45, 7) is 8.58. The molecule has 0 heterocycles. The number of methoxy groups -OCH3 is 1. The van der Waals surface area contributed by atoms with Gasteiger partial charge in [0.15, 0.2) is 0 Å². The Kier molecular flexibility index (Phi) is 6.69. The minimum absolute atomic E-state index is 0.269. The van der Waals surface area contributed by atoms with Crippen molar-refractivity contribution in [3.05, 3.63) is 42.0 Å². The lowest BCUT2D eigenvalue weighted by Crippen LogP contribution is -2.39. The van der Waals surface area contributed by atoms with Crippen molar-refractivity contribution in [2.45, 2.75) is 65.5 Å². The van der Waals surface area contributed by atoms with Crippen LogP contribution >= 0.6 is 0 Å². The molecule has 1 fully saturated rings. The molecule has 3 rings (SSSR count). The van der Waals surface area contributed by atoms with Crippen LogP contribution in [0.2, 0.25) is 0 Å². The van der Waals surface area contributed by atoms with Gasteiger partial charge >= 0.3 is 5.97 Å². The number of fused-ring (bicyclic) bond motifs is 1. The number of benzene rings is 2. The molecule has 1 aliphatic carbocycles. The molecule has 5 heteroatoms. The van der Waals surface area contributed by atoms with Crippen LogP contribution < -0.4 is 10.1 Å². The lowest BCUT2D eigenvalue weighted by Gasteiger charge is -2.37. The molecule has 0 radical (unpaired) electrons. The Labute approximate surface area is 179 Å². The van der Waals surface area contributed by atoms with E-state index >= 15 is 0 Å². The highest BCUT2D eigenvalue weighted by molar-refractivity contribution is 6.00. The molecule has 0 spiro atoms. The van der Waals surface area contributed by atoms with E-state index in [0.717, 1.165) is 35.3 Å². The van der Waals surface area contributed by atoms with E-state index in [1.807, 2.05) is 30.3 Å². The second-order valence-electron chi connectivity index (χ2n) is 9.40. The summed E-state index contributed by atoms with van der Waals surface area (Å²) in [4.78, 5) is 23.9. The molecule has 0 bridgehead atoms. The van der Waals surface area contributed by atoms with Gasteiger partial charge in [0.05, 0.1) is 13.2 Å². The normalized spacial score (nSPS) is 20.4. The van der Waals surface area contributed by atoms with Crippen LogP contribution in [-0.4, -0.2) is 31.1 Å². The lowest BCUT2D eigenvalue weighted by atomic mass is 9.72. The molecule has 1 amide bonds. The van der Waals surface area contributed by atoms with Crippen molar-refractivity contribution in [3.63, 3.8) is 0 Å². The van der Waals surface area contributed by atoms with Crippen molar-refractivity contribution >= 4 is 22.6 Å². The van der Waals surface area contributed by atoms with Crippen LogP contribution in [-0.2, 0) is 9.53 Å². The van der Waals surface area contributed by atoms with E-state index in [2.05, 4.69) is 30.8 Å². The molecule has 1 atom stereocenters. The maximum absolute atomic E-state index is 12.4. The lowest BCUT2D eigenvalue weighted by molar-refractivity contribution is -0.142. The average molecular weight is 412 g/mol. The maximum atomic E-state index is 12.4. The Hall–Kier alpha value is -2.56. The van der Waals surface area contributed by atoms with E-state index in [1.165, 1.54) is 20.0 Å². The van der Waals surface area contributed by atoms with Gasteiger partial charge in [0.1, 0.15) is 11.8 Å². The molecule has 0 saturated heterocycles. The van der Waals surface area contributed by atoms with Crippen molar-refractivity contribution in [1.82, 2.24) is 5.32 Å². The van der Waals surface area contributed by atoms with Crippen molar-refractivity contribution in [2.75, 3.05) is 7.11 Å². The van der Waals surface area contributed by atoms with Gasteiger partial charge in [-0.2, -0.15) is 0 Å². The molecule has 2 aromatic rings. The van der Waals surface area contributed by atoms with Crippen LogP contribution in [0, 0.1) is 11.3 Å². The minimum atomic E-state index is -0.692. The average Bonchev–Trinajstić information content (AvgIpc) is 2.72. The molecule has 1 N–H and O–H groups in total. The summed E-state index contributed by atoms with van der Waals surface area (Å²) in [6, 6.07) is 10.8. The molecular weight excluding hydrogens is 378 g/mol. The molecule has 5 nitrogen and oxygen atoms in total. The number of esters is 1. The van der Waals surface area contributed by atoms with Crippen molar-refractivity contribution in [3.8, 4) is 5.75 Å². The van der Waals surface area contributed by atoms with Gasteiger partial charge in [-0.15, -0.1) is 0 Å². The standard InChI is InChI=1S/C25H33NO4/c1-16(24(28)29-5)26-23(27)19-7-6-18-15-22(11-8-17(18)14-19)30-21-12-9-20(10-13-21)25(2,3)4/h6-8,11,14-16,20-21H,9-10,12-13H2,1-5H3,(H,26,27)/t16?,20-,21-. The first-order chi connectivity index (χ1) is 14.2. The highest BCUT2D eigenvalue weighted by atomic mass is 16.5. The van der Waals surface area contributed by atoms with Crippen molar-refractivity contribution < 1.29 is 19.1 Å². The predicted octanol–water partition coefficient (Wildman–Crippen LogP) is 5.11. The number of hydrogen-bond donors (Lipinski definition) is 1. The predicted molar refractivity (Wildman–Crippen MR) is 119 cm³/mol. The fraction of sp³-hybridized carbons (Fsp3) is 0.520. The molecule has 30 heavy (non-hydrogen) atoms. The summed E-state index contributed by atoms with van der Waals surface area (Å²) in [6.07, 6.45) is 4.88. The topological polar surface area (TPSA) is 64.6 Å². The quantitative estimate of drug-likeness (QED) is 0.694. The SMILES string of the molecule is COC(=O)C(C)NC(=O)c1ccc2cc(O[C@H]3CC[C@H](C(C)(C)C)CC3)ccc2c1. The number of rotatable bonds is 5. The van der Waals surface area contributed by atoms with Crippen molar-refractivity contribution in [2.24, 2.45) is 11.3 Å². The van der Waals surface area contributed by atoms with Gasteiger partial charge in [-0.25, -0.2) is 4.79 Å². The molecule has 162 valence electrons. The zero-order chi connectivity index (χ0) is 21.9. The van der Waals surface area contributed by atoms with Gasteiger partial charge < -0.3 is 14.8 Å². The van der Waals surface area contributed by atoms with Crippen LogP contribution in [0.25, 0.3) is 10.8 Å². The van der Waals surface area contributed by atoms with E-state index in [9.17, 15) is 9.59 Å². The highest BCUT2D eigenvalue weighted by Gasteiger charge is 2.30. The maximum Gasteiger partial charge on any atom is 0.328 e. The Morgan fingerprint density at radius 1 is 1.00 bits per heavy atom. The number of nitrogens with one attached hydrogen (secondary N) is 1. The summed E-state index contributed by atoms with van der Waals surface area (Å²) >= 11 is 0.